The number of carboxylic acid groups (broad SMARTS) is 1. The van der Waals surface area contributed by atoms with E-state index in [9.17, 15) is 9.59 Å². The van der Waals surface area contributed by atoms with E-state index in [0.29, 0.717) is 25.9 Å². The number of amides is 1. The van der Waals surface area contributed by atoms with Gasteiger partial charge in [0.15, 0.2) is 11.5 Å². The van der Waals surface area contributed by atoms with Gasteiger partial charge in [0.05, 0.1) is 0 Å². The van der Waals surface area contributed by atoms with Crippen molar-refractivity contribution >= 4 is 12.1 Å². The highest BCUT2D eigenvalue weighted by Gasteiger charge is 2.25. The lowest BCUT2D eigenvalue weighted by Gasteiger charge is -2.33. The number of hydrogen-bond acceptors (Lipinski definition) is 7. The van der Waals surface area contributed by atoms with Gasteiger partial charge in [-0.25, -0.2) is 4.79 Å². The van der Waals surface area contributed by atoms with Crippen molar-refractivity contribution in [3.8, 4) is 17.2 Å². The highest BCUT2D eigenvalue weighted by atomic mass is 16.7. The topological polar surface area (TPSA) is 107 Å². The maximum atomic E-state index is 13.7. The lowest BCUT2D eigenvalue weighted by atomic mass is 9.89. The molecule has 3 aromatic rings. The van der Waals surface area contributed by atoms with E-state index in [0.717, 1.165) is 36.3 Å². The van der Waals surface area contributed by atoms with E-state index in [4.69, 9.17) is 24.1 Å². The van der Waals surface area contributed by atoms with E-state index in [1.807, 2.05) is 17.0 Å². The van der Waals surface area contributed by atoms with Crippen LogP contribution < -0.4 is 19.5 Å². The van der Waals surface area contributed by atoms with Gasteiger partial charge in [0.2, 0.25) is 12.7 Å². The number of carbonyl (C=O) groups is 2. The van der Waals surface area contributed by atoms with Crippen LogP contribution in [0.15, 0.2) is 72.8 Å². The zero-order valence-corrected chi connectivity index (χ0v) is 25.2. The van der Waals surface area contributed by atoms with Gasteiger partial charge >= 0.3 is 6.16 Å². The molecule has 1 heterocycles. The first kappa shape index (κ1) is 31.8. The van der Waals surface area contributed by atoms with E-state index >= 15 is 0 Å². The van der Waals surface area contributed by atoms with Crippen LogP contribution in [-0.2, 0) is 28.8 Å². The van der Waals surface area contributed by atoms with Gasteiger partial charge in [-0.2, -0.15) is 0 Å². The maximum absolute atomic E-state index is 13.7. The Morgan fingerprint density at radius 3 is 2.33 bits per heavy atom. The number of hydrogen-bond donors (Lipinski definition) is 2. The fourth-order valence-corrected chi connectivity index (χ4v) is 5.25. The first-order chi connectivity index (χ1) is 20.8. The van der Waals surface area contributed by atoms with Gasteiger partial charge in [0.1, 0.15) is 12.0 Å². The van der Waals surface area contributed by atoms with Crippen molar-refractivity contribution in [2.45, 2.75) is 58.2 Å². The van der Waals surface area contributed by atoms with Crippen LogP contribution in [0.1, 0.15) is 43.4 Å². The number of methoxy groups -OCH3 is 1. The highest BCUT2D eigenvalue weighted by Crippen LogP contribution is 2.33. The molecule has 1 amide bonds. The van der Waals surface area contributed by atoms with Crippen LogP contribution in [0.5, 0.6) is 17.2 Å². The van der Waals surface area contributed by atoms with Crippen LogP contribution in [0.3, 0.4) is 0 Å². The minimum absolute atomic E-state index is 0.00445. The smallest absolute Gasteiger partial charge is 0.454 e. The fourth-order valence-electron chi connectivity index (χ4n) is 5.25. The van der Waals surface area contributed by atoms with Crippen molar-refractivity contribution in [2.24, 2.45) is 5.92 Å². The summed E-state index contributed by atoms with van der Waals surface area (Å²) in [7, 11) is 1.64. The summed E-state index contributed by atoms with van der Waals surface area (Å²) < 4.78 is 21.7. The van der Waals surface area contributed by atoms with Gasteiger partial charge < -0.3 is 34.3 Å². The fraction of sp³-hybridized carbons (Fsp3) is 0.412. The lowest BCUT2D eigenvalue weighted by molar-refractivity contribution is -0.144. The molecule has 0 fully saturated rings. The number of nitrogens with zero attached hydrogens (tertiary/aromatic N) is 1. The third-order valence-corrected chi connectivity index (χ3v) is 7.50. The maximum Gasteiger partial charge on any atom is 0.511 e. The van der Waals surface area contributed by atoms with Crippen LogP contribution in [0.25, 0.3) is 0 Å². The zero-order valence-electron chi connectivity index (χ0n) is 25.2. The van der Waals surface area contributed by atoms with E-state index in [-0.39, 0.29) is 30.4 Å². The first-order valence-corrected chi connectivity index (χ1v) is 14.8. The Hall–Kier alpha value is -4.08. The van der Waals surface area contributed by atoms with Gasteiger partial charge in [0.25, 0.3) is 0 Å². The van der Waals surface area contributed by atoms with E-state index in [1.54, 1.807) is 31.4 Å². The first-order valence-electron chi connectivity index (χ1n) is 14.8. The van der Waals surface area contributed by atoms with Crippen LogP contribution in [0.4, 0.5) is 4.79 Å². The molecule has 3 aromatic carbocycles. The van der Waals surface area contributed by atoms with Gasteiger partial charge in [-0.1, -0.05) is 62.4 Å². The second kappa shape index (κ2) is 16.0. The predicted octanol–water partition coefficient (Wildman–Crippen LogP) is 5.70. The molecule has 2 unspecified atom stereocenters. The Labute approximate surface area is 253 Å². The van der Waals surface area contributed by atoms with Gasteiger partial charge in [-0.05, 0) is 72.6 Å². The number of rotatable bonds is 16. The van der Waals surface area contributed by atoms with E-state index in [2.05, 4.69) is 55.6 Å². The van der Waals surface area contributed by atoms with Crippen LogP contribution >= 0.6 is 0 Å². The van der Waals surface area contributed by atoms with E-state index < -0.39 is 12.4 Å². The minimum Gasteiger partial charge on any atom is -0.454 e. The molecule has 9 heteroatoms. The minimum atomic E-state index is -1.36. The Morgan fingerprint density at radius 1 is 0.930 bits per heavy atom. The molecule has 0 spiro atoms. The Morgan fingerprint density at radius 2 is 1.63 bits per heavy atom. The molecule has 9 nitrogen and oxygen atoms in total. The summed E-state index contributed by atoms with van der Waals surface area (Å²) in [5.41, 5.74) is 3.35. The third-order valence-electron chi connectivity index (χ3n) is 7.50. The van der Waals surface area contributed by atoms with Crippen molar-refractivity contribution in [3.63, 3.8) is 0 Å². The molecule has 230 valence electrons. The molecule has 1 aliphatic rings. The molecule has 2 atom stereocenters. The molecule has 0 aromatic heterocycles. The molecule has 4 rings (SSSR count). The predicted molar refractivity (Wildman–Crippen MR) is 164 cm³/mol. The summed E-state index contributed by atoms with van der Waals surface area (Å²) in [5.74, 6) is 2.06. The summed E-state index contributed by atoms with van der Waals surface area (Å²) in [4.78, 5) is 26.4. The number of fused-ring (bicyclic) bond motifs is 1. The number of nitrogens with one attached hydrogen (secondary N) is 1. The SMILES string of the molecule is COC(CNC(C)C)N(CCC(Cc1ccccc1)Cc1ccc2c(c1)OCO2)C(=O)CCc1ccc(OC(=O)O)cc1. The van der Waals surface area contributed by atoms with Crippen LogP contribution in [-0.4, -0.2) is 61.3 Å². The average molecular weight is 591 g/mol. The quantitative estimate of drug-likeness (QED) is 0.124. The van der Waals surface area contributed by atoms with Crippen molar-refractivity contribution < 1.29 is 33.6 Å². The number of ether oxygens (including phenoxy) is 4. The zero-order chi connectivity index (χ0) is 30.6. The second-order valence-corrected chi connectivity index (χ2v) is 11.1. The molecule has 2 N–H and O–H groups in total. The number of benzene rings is 3. The van der Waals surface area contributed by atoms with Gasteiger partial charge in [-0.15, -0.1) is 0 Å². The largest absolute Gasteiger partial charge is 0.511 e. The summed E-state index contributed by atoms with van der Waals surface area (Å²) >= 11 is 0. The summed E-state index contributed by atoms with van der Waals surface area (Å²) in [6, 6.07) is 23.5. The Kier molecular flexibility index (Phi) is 11.8. The van der Waals surface area contributed by atoms with Crippen LogP contribution in [0.2, 0.25) is 0 Å². The monoisotopic (exact) mass is 590 g/mol. The molecule has 0 saturated heterocycles. The molecule has 43 heavy (non-hydrogen) atoms. The van der Waals surface area contributed by atoms with Crippen molar-refractivity contribution in [3.05, 3.63) is 89.5 Å². The average Bonchev–Trinajstić information content (AvgIpc) is 3.46. The van der Waals surface area contributed by atoms with Crippen LogP contribution in [0, 0.1) is 5.92 Å². The van der Waals surface area contributed by atoms with Crippen molar-refractivity contribution in [2.75, 3.05) is 27.0 Å². The molecule has 0 radical (unpaired) electrons. The lowest BCUT2D eigenvalue weighted by Crippen LogP contribution is -2.49. The summed E-state index contributed by atoms with van der Waals surface area (Å²) in [6.07, 6.45) is 1.54. The molecular formula is C34H42N2O7. The van der Waals surface area contributed by atoms with Gasteiger partial charge in [-0.3, -0.25) is 4.79 Å². The Bertz CT molecular complexity index is 1310. The van der Waals surface area contributed by atoms with Crippen molar-refractivity contribution in [1.29, 1.82) is 0 Å². The standard InChI is InChI=1S/C34H42N2O7/c1-24(2)35-22-33(40-3)36(32(37)16-12-25-9-13-29(14-10-25)43-34(38)39)18-17-28(19-26-7-5-4-6-8-26)20-27-11-15-30-31(21-27)42-23-41-30/h4-11,13-15,21,24,28,33,35H,12,16-20,22-23H2,1-3H3,(H,38,39). The molecule has 0 bridgehead atoms. The second-order valence-electron chi connectivity index (χ2n) is 11.1. The third kappa shape index (κ3) is 10.0. The highest BCUT2D eigenvalue weighted by molar-refractivity contribution is 5.76. The molecule has 0 saturated carbocycles. The molecular weight excluding hydrogens is 548 g/mol. The Balaban J connectivity index is 1.47. The van der Waals surface area contributed by atoms with E-state index in [1.165, 1.54) is 11.1 Å². The normalized spacial score (nSPS) is 13.5. The number of carbonyl (C=O) groups excluding carboxylic acids is 1. The number of aryl methyl sites for hydroxylation is 1. The molecule has 1 aliphatic heterocycles. The van der Waals surface area contributed by atoms with Crippen molar-refractivity contribution in [1.82, 2.24) is 10.2 Å². The summed E-state index contributed by atoms with van der Waals surface area (Å²) in [5, 5.41) is 12.2. The molecule has 0 aliphatic carbocycles. The summed E-state index contributed by atoms with van der Waals surface area (Å²) in [6.45, 7) is 5.44. The van der Waals surface area contributed by atoms with Gasteiger partial charge in [0, 0.05) is 32.7 Å².